The van der Waals surface area contributed by atoms with Crippen molar-refractivity contribution in [3.63, 3.8) is 0 Å². The van der Waals surface area contributed by atoms with Crippen LogP contribution in [0, 0.1) is 6.92 Å². The van der Waals surface area contributed by atoms with E-state index in [4.69, 9.17) is 4.74 Å². The summed E-state index contributed by atoms with van der Waals surface area (Å²) in [4.78, 5) is 32.2. The number of anilines is 3. The highest BCUT2D eigenvalue weighted by Gasteiger charge is 2.18. The Morgan fingerprint density at radius 1 is 1.22 bits per heavy atom. The van der Waals surface area contributed by atoms with Crippen molar-refractivity contribution in [3.05, 3.63) is 41.7 Å². The van der Waals surface area contributed by atoms with Crippen molar-refractivity contribution >= 4 is 29.1 Å². The minimum Gasteiger partial charge on any atom is -0.376 e. The van der Waals surface area contributed by atoms with E-state index in [1.165, 1.54) is 6.92 Å². The zero-order chi connectivity index (χ0) is 19.2. The van der Waals surface area contributed by atoms with E-state index in [9.17, 15) is 9.59 Å². The first kappa shape index (κ1) is 18.8. The Morgan fingerprint density at radius 3 is 2.78 bits per heavy atom. The van der Waals surface area contributed by atoms with Crippen molar-refractivity contribution in [1.82, 2.24) is 15.3 Å². The van der Waals surface area contributed by atoms with E-state index in [0.717, 1.165) is 19.4 Å². The quantitative estimate of drug-likeness (QED) is 0.722. The van der Waals surface area contributed by atoms with Gasteiger partial charge < -0.3 is 20.7 Å². The number of hydrogen-bond acceptors (Lipinski definition) is 6. The average Bonchev–Trinajstić information content (AvgIpc) is 3.12. The lowest BCUT2D eigenvalue weighted by Crippen LogP contribution is -2.32. The molecule has 27 heavy (non-hydrogen) atoms. The molecule has 8 heteroatoms. The molecule has 1 fully saturated rings. The topological polar surface area (TPSA) is 105 Å². The SMILES string of the molecule is CC(=O)Nc1cccc(Nc2nc(C)cc(C(=O)NCC3CCCO3)n2)c1. The van der Waals surface area contributed by atoms with E-state index in [-0.39, 0.29) is 17.9 Å². The number of nitrogens with zero attached hydrogens (tertiary/aromatic N) is 2. The van der Waals surface area contributed by atoms with Gasteiger partial charge in [0.05, 0.1) is 6.10 Å². The molecule has 3 N–H and O–H groups in total. The van der Waals surface area contributed by atoms with E-state index in [1.807, 2.05) is 6.07 Å². The summed E-state index contributed by atoms with van der Waals surface area (Å²) in [5.74, 6) is -0.0903. The normalized spacial score (nSPS) is 16.0. The first-order valence-corrected chi connectivity index (χ1v) is 8.90. The van der Waals surface area contributed by atoms with Gasteiger partial charge in [0.2, 0.25) is 11.9 Å². The molecule has 1 aromatic carbocycles. The second-order valence-electron chi connectivity index (χ2n) is 6.45. The van der Waals surface area contributed by atoms with Crippen molar-refractivity contribution in [2.75, 3.05) is 23.8 Å². The highest BCUT2D eigenvalue weighted by Crippen LogP contribution is 2.19. The molecule has 0 saturated carbocycles. The van der Waals surface area contributed by atoms with Crippen molar-refractivity contribution < 1.29 is 14.3 Å². The highest BCUT2D eigenvalue weighted by molar-refractivity contribution is 5.92. The highest BCUT2D eigenvalue weighted by atomic mass is 16.5. The number of nitrogens with one attached hydrogen (secondary N) is 3. The second kappa shape index (κ2) is 8.59. The molecule has 1 aliphatic heterocycles. The standard InChI is InChI=1S/C19H23N5O3/c1-12-9-17(18(26)20-11-16-7-4-8-27-16)24-19(21-12)23-15-6-3-5-14(10-15)22-13(2)25/h3,5-6,9-10,16H,4,7-8,11H2,1-2H3,(H,20,26)(H,22,25)(H,21,23,24). The predicted octanol–water partition coefficient (Wildman–Crippen LogP) is 2.40. The van der Waals surface area contributed by atoms with Crippen molar-refractivity contribution in [2.45, 2.75) is 32.8 Å². The molecule has 0 radical (unpaired) electrons. The van der Waals surface area contributed by atoms with Crippen LogP contribution in [0.1, 0.15) is 35.9 Å². The molecule has 1 aliphatic rings. The van der Waals surface area contributed by atoms with Crippen molar-refractivity contribution in [2.24, 2.45) is 0 Å². The van der Waals surface area contributed by atoms with E-state index < -0.39 is 0 Å². The summed E-state index contributed by atoms with van der Waals surface area (Å²) >= 11 is 0. The zero-order valence-corrected chi connectivity index (χ0v) is 15.4. The third-order valence-electron chi connectivity index (χ3n) is 4.04. The van der Waals surface area contributed by atoms with E-state index >= 15 is 0 Å². The van der Waals surface area contributed by atoms with E-state index in [1.54, 1.807) is 31.2 Å². The molecule has 0 bridgehead atoms. The van der Waals surface area contributed by atoms with E-state index in [0.29, 0.717) is 35.3 Å². The van der Waals surface area contributed by atoms with Crippen LogP contribution < -0.4 is 16.0 Å². The summed E-state index contributed by atoms with van der Waals surface area (Å²) in [6.07, 6.45) is 2.06. The Labute approximate surface area is 157 Å². The largest absolute Gasteiger partial charge is 0.376 e. The maximum atomic E-state index is 12.4. The Kier molecular flexibility index (Phi) is 5.97. The molecule has 1 saturated heterocycles. The third kappa shape index (κ3) is 5.49. The van der Waals surface area contributed by atoms with Gasteiger partial charge in [-0.05, 0) is 44.0 Å². The number of aromatic nitrogens is 2. The minimum atomic E-state index is -0.258. The van der Waals surface area contributed by atoms with Gasteiger partial charge in [0.1, 0.15) is 5.69 Å². The lowest BCUT2D eigenvalue weighted by Gasteiger charge is -2.12. The van der Waals surface area contributed by atoms with Gasteiger partial charge in [0.15, 0.2) is 0 Å². The van der Waals surface area contributed by atoms with Gasteiger partial charge in [-0.1, -0.05) is 6.07 Å². The van der Waals surface area contributed by atoms with Gasteiger partial charge >= 0.3 is 0 Å². The van der Waals surface area contributed by atoms with Crippen molar-refractivity contribution in [3.8, 4) is 0 Å². The number of aryl methyl sites for hydroxylation is 1. The number of rotatable bonds is 6. The summed E-state index contributed by atoms with van der Waals surface area (Å²) in [6, 6.07) is 8.83. The molecule has 2 amide bonds. The van der Waals surface area contributed by atoms with Crippen LogP contribution in [0.25, 0.3) is 0 Å². The van der Waals surface area contributed by atoms with Crippen LogP contribution in [-0.2, 0) is 9.53 Å². The van der Waals surface area contributed by atoms with Crippen LogP contribution >= 0.6 is 0 Å². The maximum Gasteiger partial charge on any atom is 0.270 e. The predicted molar refractivity (Wildman–Crippen MR) is 102 cm³/mol. The van der Waals surface area contributed by atoms with Crippen LogP contribution in [0.15, 0.2) is 30.3 Å². The molecule has 1 unspecified atom stereocenters. The van der Waals surface area contributed by atoms with Gasteiger partial charge in [-0.25, -0.2) is 9.97 Å². The molecule has 2 heterocycles. The average molecular weight is 369 g/mol. The van der Waals surface area contributed by atoms with E-state index in [2.05, 4.69) is 25.9 Å². The molecule has 8 nitrogen and oxygen atoms in total. The van der Waals surface area contributed by atoms with Crippen LogP contribution in [0.5, 0.6) is 0 Å². The Morgan fingerprint density at radius 2 is 2.04 bits per heavy atom. The van der Waals surface area contributed by atoms with Gasteiger partial charge in [-0.2, -0.15) is 0 Å². The van der Waals surface area contributed by atoms with Crippen LogP contribution in [0.2, 0.25) is 0 Å². The molecule has 0 aliphatic carbocycles. The van der Waals surface area contributed by atoms with Crippen LogP contribution in [-0.4, -0.2) is 41.0 Å². The van der Waals surface area contributed by atoms with Gasteiger partial charge in [-0.3, -0.25) is 9.59 Å². The first-order chi connectivity index (χ1) is 13.0. The monoisotopic (exact) mass is 369 g/mol. The summed E-state index contributed by atoms with van der Waals surface area (Å²) in [7, 11) is 0. The fraction of sp³-hybridized carbons (Fsp3) is 0.368. The van der Waals surface area contributed by atoms with Crippen LogP contribution in [0.3, 0.4) is 0 Å². The summed E-state index contributed by atoms with van der Waals surface area (Å²) in [5.41, 5.74) is 2.33. The fourth-order valence-corrected chi connectivity index (χ4v) is 2.85. The molecule has 1 atom stereocenters. The number of amides is 2. The third-order valence-corrected chi connectivity index (χ3v) is 4.04. The number of hydrogen-bond donors (Lipinski definition) is 3. The molecular weight excluding hydrogens is 346 g/mol. The zero-order valence-electron chi connectivity index (χ0n) is 15.4. The van der Waals surface area contributed by atoms with Gasteiger partial charge in [0, 0.05) is 37.1 Å². The summed E-state index contributed by atoms with van der Waals surface area (Å²) in [5, 5.41) is 8.65. The second-order valence-corrected chi connectivity index (χ2v) is 6.45. The Bertz CT molecular complexity index is 834. The summed E-state index contributed by atoms with van der Waals surface area (Å²) in [6.45, 7) is 4.48. The molecule has 142 valence electrons. The van der Waals surface area contributed by atoms with Gasteiger partial charge in [0.25, 0.3) is 5.91 Å². The number of carbonyl (C=O) groups is 2. The molecule has 0 spiro atoms. The smallest absolute Gasteiger partial charge is 0.270 e. The minimum absolute atomic E-state index is 0.0750. The molecule has 2 aromatic rings. The molecular formula is C19H23N5O3. The Hall–Kier alpha value is -3.00. The van der Waals surface area contributed by atoms with Crippen LogP contribution in [0.4, 0.5) is 17.3 Å². The van der Waals surface area contributed by atoms with Gasteiger partial charge in [-0.15, -0.1) is 0 Å². The number of carbonyl (C=O) groups excluding carboxylic acids is 2. The Balaban J connectivity index is 1.69. The van der Waals surface area contributed by atoms with Crippen molar-refractivity contribution in [1.29, 1.82) is 0 Å². The lowest BCUT2D eigenvalue weighted by molar-refractivity contribution is -0.114. The lowest BCUT2D eigenvalue weighted by atomic mass is 10.2. The first-order valence-electron chi connectivity index (χ1n) is 8.90. The molecule has 3 rings (SSSR count). The number of ether oxygens (including phenoxy) is 1. The number of benzene rings is 1. The maximum absolute atomic E-state index is 12.4. The fourth-order valence-electron chi connectivity index (χ4n) is 2.85. The summed E-state index contributed by atoms with van der Waals surface area (Å²) < 4.78 is 5.51. The molecule has 1 aromatic heterocycles.